The fourth-order valence-electron chi connectivity index (χ4n) is 2.89. The second-order valence-corrected chi connectivity index (χ2v) is 10.1. The third-order valence-corrected chi connectivity index (χ3v) is 7.39. The molecular weight excluding hydrogens is 514 g/mol. The average molecular weight is 543 g/mol. The van der Waals surface area contributed by atoms with Crippen LogP contribution in [0.1, 0.15) is 44.0 Å². The molecule has 0 saturated heterocycles. The summed E-state index contributed by atoms with van der Waals surface area (Å²) in [6, 6.07) is 11.4. The summed E-state index contributed by atoms with van der Waals surface area (Å²) in [7, 11) is -3.54. The number of ether oxygens (including phenoxy) is 1. The topological polar surface area (TPSA) is 87.7 Å². The highest BCUT2D eigenvalue weighted by atomic mass is 79.9. The molecule has 0 spiro atoms. The molecule has 2 aromatic carbocycles. The molecule has 2 N–H and O–H groups in total. The molecule has 0 bridgehead atoms. The van der Waals surface area contributed by atoms with Crippen LogP contribution in [0.5, 0.6) is 5.75 Å². The monoisotopic (exact) mass is 541 g/mol. The van der Waals surface area contributed by atoms with Gasteiger partial charge in [0.2, 0.25) is 10.0 Å². The minimum absolute atomic E-state index is 0.0915. The summed E-state index contributed by atoms with van der Waals surface area (Å²) < 4.78 is 33.0. The van der Waals surface area contributed by atoms with Crippen LogP contribution < -0.4 is 15.4 Å². The smallest absolute Gasteiger partial charge is 0.261 e. The summed E-state index contributed by atoms with van der Waals surface area (Å²) in [4.78, 5) is 13.0. The van der Waals surface area contributed by atoms with Crippen molar-refractivity contribution in [2.45, 2.75) is 38.5 Å². The normalized spacial score (nSPS) is 11.3. The number of carbonyl (C=O) groups is 1. The summed E-state index contributed by atoms with van der Waals surface area (Å²) in [6.07, 6.45) is 1.87. The van der Waals surface area contributed by atoms with Crippen LogP contribution in [0.3, 0.4) is 0 Å². The molecule has 2 rings (SSSR count). The van der Waals surface area contributed by atoms with Crippen molar-refractivity contribution in [2.75, 3.05) is 25.0 Å². The zero-order valence-electron chi connectivity index (χ0n) is 18.4. The van der Waals surface area contributed by atoms with Crippen LogP contribution in [-0.4, -0.2) is 43.4 Å². The number of hydrogen-bond acceptors (Lipinski definition) is 5. The van der Waals surface area contributed by atoms with Crippen LogP contribution in [0.15, 0.2) is 51.8 Å². The Hall–Kier alpha value is -2.01. The minimum Gasteiger partial charge on any atom is -0.493 e. The Labute approximate surface area is 203 Å². The maximum absolute atomic E-state index is 12.8. The predicted octanol–water partition coefficient (Wildman–Crippen LogP) is 4.79. The first kappa shape index (κ1) is 26.2. The molecule has 2 aromatic rings. The first-order valence-corrected chi connectivity index (χ1v) is 13.0. The zero-order chi connectivity index (χ0) is 23.7. The second-order valence-electron chi connectivity index (χ2n) is 6.86. The highest BCUT2D eigenvalue weighted by Crippen LogP contribution is 2.24. The third-order valence-electron chi connectivity index (χ3n) is 4.62. The molecule has 1 amide bonds. The van der Waals surface area contributed by atoms with Crippen LogP contribution in [-0.2, 0) is 10.0 Å². The van der Waals surface area contributed by atoms with Crippen molar-refractivity contribution >= 4 is 54.9 Å². The Morgan fingerprint density at radius 1 is 1.09 bits per heavy atom. The number of carbonyl (C=O) groups excluding carboxylic acids is 1. The van der Waals surface area contributed by atoms with E-state index < -0.39 is 15.9 Å². The van der Waals surface area contributed by atoms with Gasteiger partial charge in [-0.2, -0.15) is 4.31 Å². The second kappa shape index (κ2) is 12.3. The number of unbranched alkanes of at least 4 members (excludes halogenated alkanes) is 1. The van der Waals surface area contributed by atoms with Gasteiger partial charge < -0.3 is 10.1 Å². The van der Waals surface area contributed by atoms with E-state index >= 15 is 0 Å². The fraction of sp³-hybridized carbons (Fsp3) is 0.364. The van der Waals surface area contributed by atoms with Crippen molar-refractivity contribution in [1.82, 2.24) is 9.62 Å². The van der Waals surface area contributed by atoms with Crippen LogP contribution in [0.4, 0.5) is 5.69 Å². The number of sulfonamides is 1. The maximum Gasteiger partial charge on any atom is 0.261 e. The van der Waals surface area contributed by atoms with Crippen LogP contribution in [0.25, 0.3) is 0 Å². The lowest BCUT2D eigenvalue weighted by molar-refractivity contribution is 0.0973. The highest BCUT2D eigenvalue weighted by molar-refractivity contribution is 9.10. The van der Waals surface area contributed by atoms with Gasteiger partial charge in [0.05, 0.1) is 17.1 Å². The van der Waals surface area contributed by atoms with Crippen LogP contribution in [0, 0.1) is 0 Å². The molecule has 0 heterocycles. The van der Waals surface area contributed by atoms with Gasteiger partial charge in [-0.25, -0.2) is 8.42 Å². The Morgan fingerprint density at radius 2 is 1.75 bits per heavy atom. The Balaban J connectivity index is 2.07. The fourth-order valence-corrected chi connectivity index (χ4v) is 4.92. The number of nitrogens with one attached hydrogen (secondary N) is 2. The first-order valence-electron chi connectivity index (χ1n) is 10.4. The van der Waals surface area contributed by atoms with Crippen molar-refractivity contribution < 1.29 is 17.9 Å². The summed E-state index contributed by atoms with van der Waals surface area (Å²) >= 11 is 8.63. The summed E-state index contributed by atoms with van der Waals surface area (Å²) in [5.74, 6) is 0.0731. The predicted molar refractivity (Wildman–Crippen MR) is 135 cm³/mol. The van der Waals surface area contributed by atoms with Gasteiger partial charge in [-0.3, -0.25) is 10.1 Å². The number of halogens is 1. The molecular formula is C22H28BrN3O4S2. The highest BCUT2D eigenvalue weighted by Gasteiger charge is 2.21. The maximum atomic E-state index is 12.8. The number of nitrogens with zero attached hydrogens (tertiary/aromatic N) is 1. The van der Waals surface area contributed by atoms with E-state index in [9.17, 15) is 13.2 Å². The molecule has 32 heavy (non-hydrogen) atoms. The Kier molecular flexibility index (Phi) is 10.1. The van der Waals surface area contributed by atoms with Crippen molar-refractivity contribution in [3.05, 3.63) is 52.5 Å². The van der Waals surface area contributed by atoms with Crippen molar-refractivity contribution in [3.8, 4) is 5.75 Å². The van der Waals surface area contributed by atoms with E-state index in [0.717, 1.165) is 17.3 Å². The molecule has 0 aliphatic rings. The number of amides is 1. The summed E-state index contributed by atoms with van der Waals surface area (Å²) in [5, 5.41) is 5.63. The van der Waals surface area contributed by atoms with E-state index in [1.165, 1.54) is 16.4 Å². The van der Waals surface area contributed by atoms with Gasteiger partial charge in [-0.15, -0.1) is 0 Å². The zero-order valence-corrected chi connectivity index (χ0v) is 21.6. The van der Waals surface area contributed by atoms with E-state index in [1.54, 1.807) is 38.1 Å². The van der Waals surface area contributed by atoms with E-state index in [2.05, 4.69) is 33.5 Å². The number of hydrogen-bond donors (Lipinski definition) is 2. The van der Waals surface area contributed by atoms with E-state index in [4.69, 9.17) is 17.0 Å². The summed E-state index contributed by atoms with van der Waals surface area (Å²) in [5.41, 5.74) is 0.919. The van der Waals surface area contributed by atoms with Gasteiger partial charge >= 0.3 is 0 Å². The van der Waals surface area contributed by atoms with Crippen LogP contribution >= 0.6 is 28.1 Å². The minimum atomic E-state index is -3.54. The van der Waals surface area contributed by atoms with Gasteiger partial charge in [0, 0.05) is 23.2 Å². The standard InChI is InChI=1S/C22H28BrN3O4S2/c1-4-7-14-30-20-13-8-16(23)15-19(20)21(27)25-22(31)24-17-9-11-18(12-10-17)32(28,29)26(5-2)6-3/h8-13,15H,4-7,14H2,1-3H3,(H2,24,25,27,31). The number of benzene rings is 2. The average Bonchev–Trinajstić information content (AvgIpc) is 2.75. The quantitative estimate of drug-likeness (QED) is 0.332. The molecule has 0 fully saturated rings. The van der Waals surface area contributed by atoms with Crippen molar-refractivity contribution in [1.29, 1.82) is 0 Å². The lowest BCUT2D eigenvalue weighted by Gasteiger charge is -2.18. The van der Waals surface area contributed by atoms with Crippen LogP contribution in [0.2, 0.25) is 0 Å². The number of anilines is 1. The molecule has 174 valence electrons. The van der Waals surface area contributed by atoms with Gasteiger partial charge in [0.15, 0.2) is 5.11 Å². The molecule has 0 aliphatic heterocycles. The Morgan fingerprint density at radius 3 is 2.34 bits per heavy atom. The summed E-state index contributed by atoms with van der Waals surface area (Å²) in [6.45, 7) is 6.97. The molecule has 0 atom stereocenters. The third kappa shape index (κ3) is 6.99. The SMILES string of the molecule is CCCCOc1ccc(Br)cc1C(=O)NC(=S)Nc1ccc(S(=O)(=O)N(CC)CC)cc1. The molecule has 7 nitrogen and oxygen atoms in total. The Bertz CT molecular complexity index is 1040. The lowest BCUT2D eigenvalue weighted by Crippen LogP contribution is -2.34. The van der Waals surface area contributed by atoms with Gasteiger partial charge in [0.25, 0.3) is 5.91 Å². The van der Waals surface area contributed by atoms with E-state index in [-0.39, 0.29) is 10.0 Å². The van der Waals surface area contributed by atoms with Crippen molar-refractivity contribution in [2.24, 2.45) is 0 Å². The number of rotatable bonds is 10. The van der Waals surface area contributed by atoms with Gasteiger partial charge in [-0.05, 0) is 61.1 Å². The molecule has 0 aromatic heterocycles. The van der Waals surface area contributed by atoms with E-state index in [0.29, 0.717) is 36.7 Å². The largest absolute Gasteiger partial charge is 0.493 e. The number of thiocarbonyl (C=S) groups is 1. The van der Waals surface area contributed by atoms with Gasteiger partial charge in [-0.1, -0.05) is 43.1 Å². The van der Waals surface area contributed by atoms with Crippen molar-refractivity contribution in [3.63, 3.8) is 0 Å². The molecule has 0 unspecified atom stereocenters. The molecule has 10 heteroatoms. The molecule has 0 saturated carbocycles. The van der Waals surface area contributed by atoms with E-state index in [1.807, 2.05) is 6.07 Å². The molecule has 0 radical (unpaired) electrons. The lowest BCUT2D eigenvalue weighted by atomic mass is 10.2. The first-order chi connectivity index (χ1) is 15.2. The molecule has 0 aliphatic carbocycles. The van der Waals surface area contributed by atoms with Gasteiger partial charge in [0.1, 0.15) is 5.75 Å².